The molecule has 168 valence electrons. The lowest BCUT2D eigenvalue weighted by Gasteiger charge is -2.23. The first-order valence-electron chi connectivity index (χ1n) is 10.8. The zero-order valence-electron chi connectivity index (χ0n) is 18.0. The van der Waals surface area contributed by atoms with Gasteiger partial charge in [-0.05, 0) is 43.7 Å². The number of nitrogens with one attached hydrogen (secondary N) is 1. The average molecular weight is 455 g/mol. The van der Waals surface area contributed by atoms with Crippen molar-refractivity contribution in [3.05, 3.63) is 47.7 Å². The molecule has 0 bridgehead atoms. The molecule has 9 heteroatoms. The lowest BCUT2D eigenvalue weighted by molar-refractivity contribution is -0.115. The van der Waals surface area contributed by atoms with Gasteiger partial charge in [0.1, 0.15) is 5.82 Å². The fraction of sp³-hybridized carbons (Fsp3) is 0.391. The molecule has 1 saturated heterocycles. The van der Waals surface area contributed by atoms with Crippen LogP contribution in [0.4, 0.5) is 11.5 Å². The van der Waals surface area contributed by atoms with Gasteiger partial charge in [-0.1, -0.05) is 0 Å². The lowest BCUT2D eigenvalue weighted by atomic mass is 10.1. The number of nitrogens with zero attached hydrogens (tertiary/aromatic N) is 3. The number of carbonyl (C=O) groups is 3. The van der Waals surface area contributed by atoms with Crippen molar-refractivity contribution in [1.29, 1.82) is 0 Å². The SMILES string of the molecule is CCOC(=O)c1ccc(N2CCCN(C(=O)c3ccc4c(c3)NC(=O)CCS4)CC2)nc1. The Morgan fingerprint density at radius 3 is 2.75 bits per heavy atom. The van der Waals surface area contributed by atoms with Crippen molar-refractivity contribution in [2.24, 2.45) is 0 Å². The van der Waals surface area contributed by atoms with E-state index in [0.29, 0.717) is 49.5 Å². The van der Waals surface area contributed by atoms with Crippen LogP contribution in [0.15, 0.2) is 41.4 Å². The number of benzene rings is 1. The maximum atomic E-state index is 13.2. The molecule has 0 saturated carbocycles. The molecule has 1 N–H and O–H groups in total. The van der Waals surface area contributed by atoms with Crippen LogP contribution in [0.1, 0.15) is 40.5 Å². The fourth-order valence-corrected chi connectivity index (χ4v) is 4.73. The lowest BCUT2D eigenvalue weighted by Crippen LogP contribution is -2.35. The summed E-state index contributed by atoms with van der Waals surface area (Å²) in [7, 11) is 0. The molecule has 3 heterocycles. The van der Waals surface area contributed by atoms with E-state index >= 15 is 0 Å². The van der Waals surface area contributed by atoms with E-state index in [1.807, 2.05) is 23.1 Å². The normalized spacial score (nSPS) is 16.5. The summed E-state index contributed by atoms with van der Waals surface area (Å²) in [4.78, 5) is 46.2. The van der Waals surface area contributed by atoms with E-state index < -0.39 is 0 Å². The molecule has 8 nitrogen and oxygen atoms in total. The van der Waals surface area contributed by atoms with Crippen LogP contribution in [0, 0.1) is 0 Å². The number of carbonyl (C=O) groups excluding carboxylic acids is 3. The molecule has 1 aromatic heterocycles. The number of hydrogen-bond acceptors (Lipinski definition) is 7. The predicted octanol–water partition coefficient (Wildman–Crippen LogP) is 3.05. The number of pyridine rings is 1. The Morgan fingerprint density at radius 2 is 1.97 bits per heavy atom. The predicted molar refractivity (Wildman–Crippen MR) is 123 cm³/mol. The smallest absolute Gasteiger partial charge is 0.339 e. The highest BCUT2D eigenvalue weighted by molar-refractivity contribution is 7.99. The molecular weight excluding hydrogens is 428 g/mol. The molecule has 0 unspecified atom stereocenters. The Kier molecular flexibility index (Phi) is 6.94. The second kappa shape index (κ2) is 10.0. The molecule has 2 aromatic rings. The second-order valence-corrected chi connectivity index (χ2v) is 8.75. The third-order valence-electron chi connectivity index (χ3n) is 5.45. The molecule has 0 radical (unpaired) electrons. The maximum absolute atomic E-state index is 13.2. The minimum Gasteiger partial charge on any atom is -0.462 e. The van der Waals surface area contributed by atoms with Crippen molar-refractivity contribution in [2.75, 3.05) is 48.8 Å². The van der Waals surface area contributed by atoms with E-state index in [4.69, 9.17) is 4.74 Å². The highest BCUT2D eigenvalue weighted by atomic mass is 32.2. The van der Waals surface area contributed by atoms with Crippen LogP contribution >= 0.6 is 11.8 Å². The number of anilines is 2. The topological polar surface area (TPSA) is 91.8 Å². The second-order valence-electron chi connectivity index (χ2n) is 7.62. The van der Waals surface area contributed by atoms with Crippen LogP contribution < -0.4 is 10.2 Å². The molecule has 1 aromatic carbocycles. The molecule has 1 fully saturated rings. The summed E-state index contributed by atoms with van der Waals surface area (Å²) in [5.41, 5.74) is 1.72. The molecule has 2 aliphatic rings. The molecular formula is C23H26N4O4S. The number of rotatable bonds is 4. The molecule has 0 spiro atoms. The Bertz CT molecular complexity index is 1010. The molecule has 0 aliphatic carbocycles. The quantitative estimate of drug-likeness (QED) is 0.710. The van der Waals surface area contributed by atoms with Gasteiger partial charge in [0.25, 0.3) is 5.91 Å². The standard InChI is InChI=1S/C23H26N4O4S/c1-2-31-23(30)17-5-7-20(24-15-17)26-9-3-10-27(12-11-26)22(29)16-4-6-19-18(14-16)25-21(28)8-13-32-19/h4-7,14-15H,2-3,8-13H2,1H3,(H,25,28). The monoisotopic (exact) mass is 454 g/mol. The third kappa shape index (κ3) is 5.04. The summed E-state index contributed by atoms with van der Waals surface area (Å²) < 4.78 is 5.00. The largest absolute Gasteiger partial charge is 0.462 e. The van der Waals surface area contributed by atoms with Gasteiger partial charge in [-0.2, -0.15) is 0 Å². The first-order chi connectivity index (χ1) is 15.5. The third-order valence-corrected chi connectivity index (χ3v) is 6.53. The van der Waals surface area contributed by atoms with Crippen molar-refractivity contribution in [3.8, 4) is 0 Å². The number of aromatic nitrogens is 1. The number of esters is 1. The first kappa shape index (κ1) is 22.1. The Balaban J connectivity index is 1.41. The summed E-state index contributed by atoms with van der Waals surface area (Å²) >= 11 is 1.63. The van der Waals surface area contributed by atoms with Gasteiger partial charge in [-0.15, -0.1) is 11.8 Å². The van der Waals surface area contributed by atoms with Gasteiger partial charge in [0, 0.05) is 55.0 Å². The number of thioether (sulfide) groups is 1. The number of hydrogen-bond donors (Lipinski definition) is 1. The van der Waals surface area contributed by atoms with Crippen molar-refractivity contribution in [2.45, 2.75) is 24.7 Å². The zero-order chi connectivity index (χ0) is 22.5. The van der Waals surface area contributed by atoms with E-state index in [1.54, 1.807) is 30.8 Å². The van der Waals surface area contributed by atoms with E-state index in [-0.39, 0.29) is 17.8 Å². The van der Waals surface area contributed by atoms with E-state index in [0.717, 1.165) is 29.4 Å². The minimum atomic E-state index is -0.380. The van der Waals surface area contributed by atoms with Crippen molar-refractivity contribution >= 4 is 41.1 Å². The highest BCUT2D eigenvalue weighted by Crippen LogP contribution is 2.32. The van der Waals surface area contributed by atoms with Crippen LogP contribution in [-0.2, 0) is 9.53 Å². The van der Waals surface area contributed by atoms with Crippen LogP contribution in [0.3, 0.4) is 0 Å². The van der Waals surface area contributed by atoms with Crippen LogP contribution in [0.2, 0.25) is 0 Å². The summed E-state index contributed by atoms with van der Waals surface area (Å²) in [6.45, 7) is 4.73. The summed E-state index contributed by atoms with van der Waals surface area (Å²) in [6.07, 6.45) is 2.81. The number of fused-ring (bicyclic) bond motifs is 1. The molecule has 2 amide bonds. The molecule has 0 atom stereocenters. The van der Waals surface area contributed by atoms with Crippen molar-refractivity contribution < 1.29 is 19.1 Å². The van der Waals surface area contributed by atoms with Gasteiger partial charge >= 0.3 is 5.97 Å². The van der Waals surface area contributed by atoms with E-state index in [2.05, 4.69) is 15.2 Å². The summed E-state index contributed by atoms with van der Waals surface area (Å²) in [5, 5.41) is 2.90. The highest BCUT2D eigenvalue weighted by Gasteiger charge is 2.23. The molecule has 4 rings (SSSR count). The first-order valence-corrected chi connectivity index (χ1v) is 11.8. The van der Waals surface area contributed by atoms with E-state index in [1.165, 1.54) is 6.20 Å². The Labute approximate surface area is 191 Å². The number of ether oxygens (including phenoxy) is 1. The number of amides is 2. The molecule has 2 aliphatic heterocycles. The zero-order valence-corrected chi connectivity index (χ0v) is 18.8. The van der Waals surface area contributed by atoms with Gasteiger partial charge < -0.3 is 19.9 Å². The Hall–Kier alpha value is -3.07. The van der Waals surface area contributed by atoms with Gasteiger partial charge in [-0.3, -0.25) is 9.59 Å². The minimum absolute atomic E-state index is 0.0206. The maximum Gasteiger partial charge on any atom is 0.339 e. The van der Waals surface area contributed by atoms with Crippen LogP contribution in [0.25, 0.3) is 0 Å². The van der Waals surface area contributed by atoms with Gasteiger partial charge in [0.05, 0.1) is 17.9 Å². The summed E-state index contributed by atoms with van der Waals surface area (Å²) in [5.74, 6) is 1.08. The Morgan fingerprint density at radius 1 is 1.12 bits per heavy atom. The fourth-order valence-electron chi connectivity index (χ4n) is 3.79. The van der Waals surface area contributed by atoms with Gasteiger partial charge in [0.2, 0.25) is 5.91 Å². The van der Waals surface area contributed by atoms with Gasteiger partial charge in [-0.25, -0.2) is 9.78 Å². The van der Waals surface area contributed by atoms with E-state index in [9.17, 15) is 14.4 Å². The van der Waals surface area contributed by atoms with Crippen molar-refractivity contribution in [1.82, 2.24) is 9.88 Å². The van der Waals surface area contributed by atoms with Crippen LogP contribution in [0.5, 0.6) is 0 Å². The van der Waals surface area contributed by atoms with Crippen molar-refractivity contribution in [3.63, 3.8) is 0 Å². The van der Waals surface area contributed by atoms with Crippen LogP contribution in [-0.4, -0.2) is 66.2 Å². The average Bonchev–Trinajstić information content (AvgIpc) is 3.16. The molecule has 32 heavy (non-hydrogen) atoms. The summed E-state index contributed by atoms with van der Waals surface area (Å²) in [6, 6.07) is 9.07. The van der Waals surface area contributed by atoms with Gasteiger partial charge in [0.15, 0.2) is 0 Å².